The molecule has 1 N–H and O–H groups in total. The number of carbonyl (C=O) groups is 1. The summed E-state index contributed by atoms with van der Waals surface area (Å²) in [6.45, 7) is 3.83. The van der Waals surface area contributed by atoms with Crippen LogP contribution < -0.4 is 10.1 Å². The number of anilines is 1. The van der Waals surface area contributed by atoms with Gasteiger partial charge in [0.2, 0.25) is 0 Å². The van der Waals surface area contributed by atoms with Gasteiger partial charge in [-0.1, -0.05) is 25.2 Å². The Kier molecular flexibility index (Phi) is 6.97. The van der Waals surface area contributed by atoms with Gasteiger partial charge >= 0.3 is 6.18 Å². The zero-order valence-electron chi connectivity index (χ0n) is 16.5. The number of likely N-dealkylation sites (tertiary alicyclic amines) is 1. The number of piperidine rings is 1. The molecule has 1 aliphatic rings. The molecule has 0 bridgehead atoms. The number of alkyl halides is 3. The Morgan fingerprint density at radius 1 is 1.17 bits per heavy atom. The van der Waals surface area contributed by atoms with Crippen molar-refractivity contribution in [3.8, 4) is 5.75 Å². The van der Waals surface area contributed by atoms with Gasteiger partial charge in [-0.15, -0.1) is 0 Å². The molecule has 2 aromatic rings. The van der Waals surface area contributed by atoms with Crippen molar-refractivity contribution in [3.63, 3.8) is 0 Å². The maximum absolute atomic E-state index is 12.8. The molecule has 3 rings (SSSR count). The van der Waals surface area contributed by atoms with Crippen LogP contribution in [0.5, 0.6) is 5.75 Å². The fraction of sp³-hybridized carbons (Fsp3) is 0.364. The zero-order valence-corrected chi connectivity index (χ0v) is 17.4. The minimum Gasteiger partial charge on any atom is -0.484 e. The van der Waals surface area contributed by atoms with Gasteiger partial charge in [0, 0.05) is 24.3 Å². The molecule has 0 radical (unpaired) electrons. The molecule has 0 aromatic heterocycles. The van der Waals surface area contributed by atoms with Gasteiger partial charge in [0.25, 0.3) is 5.91 Å². The maximum atomic E-state index is 12.8. The second kappa shape index (κ2) is 9.47. The van der Waals surface area contributed by atoms with Crippen LogP contribution in [-0.2, 0) is 11.0 Å². The lowest BCUT2D eigenvalue weighted by atomic mass is 9.99. The minimum absolute atomic E-state index is 0.0648. The second-order valence-corrected chi connectivity index (χ2v) is 7.80. The summed E-state index contributed by atoms with van der Waals surface area (Å²) in [5.74, 6) is 0.659. The Balaban J connectivity index is 1.51. The number of rotatable bonds is 5. The SMILES string of the molecule is CC1CCN(C(=S)c2ccc(OCC(=O)Nc3cccc(C(F)(F)F)c3)cc2)CC1. The van der Waals surface area contributed by atoms with E-state index in [1.165, 1.54) is 12.1 Å². The first-order valence-corrected chi connectivity index (χ1v) is 10.1. The first-order valence-electron chi connectivity index (χ1n) is 9.71. The molecule has 30 heavy (non-hydrogen) atoms. The van der Waals surface area contributed by atoms with Gasteiger partial charge in [0.05, 0.1) is 5.56 Å². The van der Waals surface area contributed by atoms with Crippen LogP contribution in [0.2, 0.25) is 0 Å². The molecular weight excluding hydrogens is 413 g/mol. The van der Waals surface area contributed by atoms with Gasteiger partial charge in [-0.2, -0.15) is 13.2 Å². The van der Waals surface area contributed by atoms with E-state index in [1.54, 1.807) is 12.1 Å². The van der Waals surface area contributed by atoms with Crippen molar-refractivity contribution in [2.75, 3.05) is 25.0 Å². The number of hydrogen-bond donors (Lipinski definition) is 1. The molecule has 1 heterocycles. The number of thiocarbonyl (C=S) groups is 1. The van der Waals surface area contributed by atoms with E-state index in [4.69, 9.17) is 17.0 Å². The van der Waals surface area contributed by atoms with Crippen LogP contribution in [0.4, 0.5) is 18.9 Å². The van der Waals surface area contributed by atoms with Crippen molar-refractivity contribution in [3.05, 3.63) is 59.7 Å². The molecule has 0 unspecified atom stereocenters. The Hall–Kier alpha value is -2.61. The Morgan fingerprint density at radius 3 is 2.47 bits per heavy atom. The van der Waals surface area contributed by atoms with Gasteiger partial charge < -0.3 is 15.0 Å². The standard InChI is InChI=1S/C22H23F3N2O2S/c1-15-9-11-27(12-10-15)21(30)16-5-7-19(8-6-16)29-14-20(28)26-18-4-2-3-17(13-18)22(23,24)25/h2-8,13,15H,9-12,14H2,1H3,(H,26,28). The second-order valence-electron chi connectivity index (χ2n) is 7.41. The van der Waals surface area contributed by atoms with Gasteiger partial charge in [-0.3, -0.25) is 4.79 Å². The first-order chi connectivity index (χ1) is 14.2. The summed E-state index contributed by atoms with van der Waals surface area (Å²) in [6, 6.07) is 11.6. The topological polar surface area (TPSA) is 41.6 Å². The third-order valence-corrected chi connectivity index (χ3v) is 5.51. The number of carbonyl (C=O) groups excluding carboxylic acids is 1. The number of nitrogens with one attached hydrogen (secondary N) is 1. The van der Waals surface area contributed by atoms with Crippen LogP contribution >= 0.6 is 12.2 Å². The Morgan fingerprint density at radius 2 is 1.83 bits per heavy atom. The van der Waals surface area contributed by atoms with E-state index < -0.39 is 17.6 Å². The van der Waals surface area contributed by atoms with Crippen molar-refractivity contribution in [1.82, 2.24) is 4.90 Å². The summed E-state index contributed by atoms with van der Waals surface area (Å²) in [6.07, 6.45) is -2.21. The summed E-state index contributed by atoms with van der Waals surface area (Å²) in [5, 5.41) is 2.41. The van der Waals surface area contributed by atoms with E-state index in [0.717, 1.165) is 54.5 Å². The number of benzene rings is 2. The molecule has 4 nitrogen and oxygen atoms in total. The fourth-order valence-corrected chi connectivity index (χ4v) is 3.53. The lowest BCUT2D eigenvalue weighted by molar-refractivity contribution is -0.137. The average Bonchev–Trinajstić information content (AvgIpc) is 2.72. The molecule has 2 aromatic carbocycles. The molecular formula is C22H23F3N2O2S. The minimum atomic E-state index is -4.47. The third-order valence-electron chi connectivity index (χ3n) is 5.02. The first kappa shape index (κ1) is 22.1. The van der Waals surface area contributed by atoms with E-state index >= 15 is 0 Å². The van der Waals surface area contributed by atoms with Crippen molar-refractivity contribution in [2.24, 2.45) is 5.92 Å². The van der Waals surface area contributed by atoms with Crippen LogP contribution in [0.1, 0.15) is 30.9 Å². The van der Waals surface area contributed by atoms with E-state index in [1.807, 2.05) is 12.1 Å². The molecule has 0 spiro atoms. The van der Waals surface area contributed by atoms with Crippen LogP contribution in [0.3, 0.4) is 0 Å². The summed E-state index contributed by atoms with van der Waals surface area (Å²) >= 11 is 5.58. The van der Waals surface area contributed by atoms with Gasteiger partial charge in [0.1, 0.15) is 10.7 Å². The van der Waals surface area contributed by atoms with Gasteiger partial charge in [-0.05, 0) is 61.2 Å². The Labute approximate surface area is 179 Å². The van der Waals surface area contributed by atoms with E-state index in [-0.39, 0.29) is 12.3 Å². The van der Waals surface area contributed by atoms with E-state index in [2.05, 4.69) is 17.1 Å². The van der Waals surface area contributed by atoms with Crippen LogP contribution in [-0.4, -0.2) is 35.5 Å². The molecule has 0 saturated carbocycles. The summed E-state index contributed by atoms with van der Waals surface area (Å²) in [7, 11) is 0. The molecule has 1 amide bonds. The van der Waals surface area contributed by atoms with Crippen LogP contribution in [0, 0.1) is 5.92 Å². The van der Waals surface area contributed by atoms with Crippen molar-refractivity contribution in [1.29, 1.82) is 0 Å². The fourth-order valence-electron chi connectivity index (χ4n) is 3.21. The zero-order chi connectivity index (χ0) is 21.7. The molecule has 1 aliphatic heterocycles. The van der Waals surface area contributed by atoms with Crippen LogP contribution in [0.15, 0.2) is 48.5 Å². The van der Waals surface area contributed by atoms with Crippen molar-refractivity contribution in [2.45, 2.75) is 25.9 Å². The van der Waals surface area contributed by atoms with Crippen LogP contribution in [0.25, 0.3) is 0 Å². The predicted octanol–water partition coefficient (Wildman–Crippen LogP) is 5.13. The third kappa shape index (κ3) is 5.95. The predicted molar refractivity (Wildman–Crippen MR) is 114 cm³/mol. The molecule has 160 valence electrons. The highest BCUT2D eigenvalue weighted by molar-refractivity contribution is 7.80. The highest BCUT2D eigenvalue weighted by Crippen LogP contribution is 2.30. The van der Waals surface area contributed by atoms with Gasteiger partial charge in [-0.25, -0.2) is 0 Å². The molecule has 8 heteroatoms. The highest BCUT2D eigenvalue weighted by atomic mass is 32.1. The van der Waals surface area contributed by atoms with Gasteiger partial charge in [0.15, 0.2) is 6.61 Å². The monoisotopic (exact) mass is 436 g/mol. The van der Waals surface area contributed by atoms with Crippen molar-refractivity contribution < 1.29 is 22.7 Å². The van der Waals surface area contributed by atoms with E-state index in [9.17, 15) is 18.0 Å². The van der Waals surface area contributed by atoms with Crippen molar-refractivity contribution >= 4 is 28.8 Å². The lowest BCUT2D eigenvalue weighted by Crippen LogP contribution is -2.37. The average molecular weight is 436 g/mol. The maximum Gasteiger partial charge on any atom is 0.416 e. The highest BCUT2D eigenvalue weighted by Gasteiger charge is 2.30. The molecule has 0 aliphatic carbocycles. The number of ether oxygens (including phenoxy) is 1. The quantitative estimate of drug-likeness (QED) is 0.660. The smallest absolute Gasteiger partial charge is 0.416 e. The number of amides is 1. The number of hydrogen-bond acceptors (Lipinski definition) is 3. The summed E-state index contributed by atoms with van der Waals surface area (Å²) < 4.78 is 43.7. The lowest BCUT2D eigenvalue weighted by Gasteiger charge is -2.32. The van der Waals surface area contributed by atoms with E-state index in [0.29, 0.717) is 5.75 Å². The Bertz CT molecular complexity index is 892. The molecule has 1 saturated heterocycles. The normalized spacial score (nSPS) is 15.0. The molecule has 0 atom stereocenters. The number of nitrogens with zero attached hydrogens (tertiary/aromatic N) is 1. The number of halogens is 3. The largest absolute Gasteiger partial charge is 0.484 e. The molecule has 1 fully saturated rings. The summed E-state index contributed by atoms with van der Waals surface area (Å²) in [4.78, 5) is 15.0. The summed E-state index contributed by atoms with van der Waals surface area (Å²) in [5.41, 5.74) is 0.159.